The van der Waals surface area contributed by atoms with Gasteiger partial charge in [0.05, 0.1) is 11.4 Å². The number of urea groups is 1. The number of piperidine rings is 1. The van der Waals surface area contributed by atoms with Gasteiger partial charge in [0.15, 0.2) is 0 Å². The number of aryl methyl sites for hydroxylation is 2. The number of amides is 3. The molecule has 1 aliphatic heterocycles. The van der Waals surface area contributed by atoms with Crippen molar-refractivity contribution < 1.29 is 18.5 Å². The average Bonchev–Trinajstić information content (AvgIpc) is 3.04. The van der Waals surface area contributed by atoms with Crippen LogP contribution in [0.5, 0.6) is 0 Å². The van der Waals surface area contributed by atoms with Crippen molar-refractivity contribution in [3.63, 3.8) is 0 Å². The van der Waals surface area contributed by atoms with Gasteiger partial charge in [0.1, 0.15) is 11.6 Å². The minimum absolute atomic E-state index is 0.112. The van der Waals surface area contributed by atoms with Gasteiger partial charge in [-0.25, -0.2) is 9.18 Å². The van der Waals surface area contributed by atoms with E-state index in [0.717, 1.165) is 36.4 Å². The normalized spacial score (nSPS) is 16.4. The number of rotatable bonds is 7. The summed E-state index contributed by atoms with van der Waals surface area (Å²) >= 11 is 1.56. The highest BCUT2D eigenvalue weighted by Crippen LogP contribution is 2.21. The summed E-state index contributed by atoms with van der Waals surface area (Å²) in [7, 11) is 0. The molecule has 7 nitrogen and oxygen atoms in total. The molecular formula is C21H27FN4O3S. The predicted molar refractivity (Wildman–Crippen MR) is 115 cm³/mol. The molecular weight excluding hydrogens is 407 g/mol. The topological polar surface area (TPSA) is 87.5 Å². The molecule has 1 saturated heterocycles. The minimum atomic E-state index is -0.401. The monoisotopic (exact) mass is 434 g/mol. The first-order chi connectivity index (χ1) is 14.4. The third-order valence-electron chi connectivity index (χ3n) is 5.16. The number of likely N-dealkylation sites (tertiary alicyclic amines) is 1. The molecule has 0 bridgehead atoms. The zero-order valence-corrected chi connectivity index (χ0v) is 18.1. The molecule has 30 heavy (non-hydrogen) atoms. The second-order valence-electron chi connectivity index (χ2n) is 7.49. The smallest absolute Gasteiger partial charge is 0.319 e. The van der Waals surface area contributed by atoms with Crippen LogP contribution in [0.3, 0.4) is 0 Å². The molecule has 2 heterocycles. The lowest BCUT2D eigenvalue weighted by Gasteiger charge is -2.33. The third-order valence-corrected chi connectivity index (χ3v) is 6.10. The van der Waals surface area contributed by atoms with Crippen molar-refractivity contribution in [2.75, 3.05) is 30.7 Å². The van der Waals surface area contributed by atoms with Crippen LogP contribution in [0, 0.1) is 25.6 Å². The maximum atomic E-state index is 13.2. The minimum Gasteiger partial charge on any atom is -0.361 e. The molecule has 2 N–H and O–H groups in total. The van der Waals surface area contributed by atoms with Gasteiger partial charge in [0, 0.05) is 36.6 Å². The van der Waals surface area contributed by atoms with E-state index in [4.69, 9.17) is 4.52 Å². The molecule has 3 amide bonds. The fourth-order valence-electron chi connectivity index (χ4n) is 3.48. The summed E-state index contributed by atoms with van der Waals surface area (Å²) in [4.78, 5) is 26.5. The van der Waals surface area contributed by atoms with Gasteiger partial charge in [-0.1, -0.05) is 11.2 Å². The predicted octanol–water partition coefficient (Wildman–Crippen LogP) is 3.72. The van der Waals surface area contributed by atoms with Crippen molar-refractivity contribution in [2.24, 2.45) is 5.92 Å². The molecule has 9 heteroatoms. The van der Waals surface area contributed by atoms with Crippen LogP contribution in [0.1, 0.15) is 29.9 Å². The van der Waals surface area contributed by atoms with Crippen LogP contribution in [0.4, 0.5) is 14.9 Å². The van der Waals surface area contributed by atoms with Crippen molar-refractivity contribution in [3.8, 4) is 0 Å². The lowest BCUT2D eigenvalue weighted by molar-refractivity contribution is -0.130. The van der Waals surface area contributed by atoms with Crippen LogP contribution >= 0.6 is 11.8 Å². The molecule has 3 rings (SSSR count). The van der Waals surface area contributed by atoms with Gasteiger partial charge >= 0.3 is 6.03 Å². The summed E-state index contributed by atoms with van der Waals surface area (Å²) in [5.74, 6) is 1.82. The van der Waals surface area contributed by atoms with E-state index in [0.29, 0.717) is 30.3 Å². The largest absolute Gasteiger partial charge is 0.361 e. The average molecular weight is 435 g/mol. The first-order valence-corrected chi connectivity index (χ1v) is 11.2. The van der Waals surface area contributed by atoms with E-state index in [1.54, 1.807) is 23.9 Å². The molecule has 2 aromatic rings. The number of anilines is 1. The third kappa shape index (κ3) is 6.22. The van der Waals surface area contributed by atoms with Crippen molar-refractivity contribution in [3.05, 3.63) is 47.1 Å². The van der Waals surface area contributed by atoms with E-state index in [1.165, 1.54) is 12.1 Å². The summed E-state index contributed by atoms with van der Waals surface area (Å²) in [6.07, 6.45) is 1.87. The Labute approximate surface area is 179 Å². The van der Waals surface area contributed by atoms with E-state index >= 15 is 0 Å². The maximum Gasteiger partial charge on any atom is 0.319 e. The molecule has 0 spiro atoms. The second kappa shape index (κ2) is 10.5. The zero-order chi connectivity index (χ0) is 21.5. The van der Waals surface area contributed by atoms with Crippen molar-refractivity contribution in [1.29, 1.82) is 0 Å². The zero-order valence-electron chi connectivity index (χ0n) is 17.2. The first-order valence-electron chi connectivity index (χ1n) is 10.00. The van der Waals surface area contributed by atoms with E-state index in [1.807, 2.05) is 18.7 Å². The molecule has 0 radical (unpaired) electrons. The van der Waals surface area contributed by atoms with Crippen molar-refractivity contribution >= 4 is 29.4 Å². The molecule has 1 aliphatic rings. The molecule has 1 atom stereocenters. The fraction of sp³-hybridized carbons (Fsp3) is 0.476. The van der Waals surface area contributed by atoms with Gasteiger partial charge in [-0.15, -0.1) is 11.8 Å². The van der Waals surface area contributed by atoms with Gasteiger partial charge < -0.3 is 20.1 Å². The van der Waals surface area contributed by atoms with Crippen LogP contribution < -0.4 is 10.6 Å². The van der Waals surface area contributed by atoms with Crippen molar-refractivity contribution in [2.45, 2.75) is 32.4 Å². The maximum absolute atomic E-state index is 13.2. The number of thioether (sulfide) groups is 1. The number of hydrogen-bond donors (Lipinski definition) is 2. The number of carbonyl (C=O) groups excluding carboxylic acids is 2. The Kier molecular flexibility index (Phi) is 7.73. The van der Waals surface area contributed by atoms with Crippen molar-refractivity contribution in [1.82, 2.24) is 15.4 Å². The first kappa shape index (κ1) is 22.1. The standard InChI is InChI=1S/C21H27FN4O3S/c1-14-19(15(2)29-25-14)12-30-13-20(27)26-8-4-5-16(11-26)10-23-21(28)24-18-7-3-6-17(22)9-18/h3,6-7,9,16H,4-5,8,10-13H2,1-2H3,(H2,23,24,28). The highest BCUT2D eigenvalue weighted by atomic mass is 32.2. The van der Waals surface area contributed by atoms with Gasteiger partial charge in [-0.05, 0) is 50.8 Å². The number of halogens is 1. The molecule has 1 unspecified atom stereocenters. The second-order valence-corrected chi connectivity index (χ2v) is 8.47. The van der Waals surface area contributed by atoms with Crippen LogP contribution in [-0.2, 0) is 10.5 Å². The van der Waals surface area contributed by atoms with E-state index < -0.39 is 5.82 Å². The van der Waals surface area contributed by atoms with E-state index in [9.17, 15) is 14.0 Å². The Bertz CT molecular complexity index is 869. The highest BCUT2D eigenvalue weighted by molar-refractivity contribution is 7.99. The fourth-order valence-corrected chi connectivity index (χ4v) is 4.55. The molecule has 1 aromatic carbocycles. The Morgan fingerprint density at radius 3 is 2.93 bits per heavy atom. The summed E-state index contributed by atoms with van der Waals surface area (Å²) in [6, 6.07) is 5.38. The van der Waals surface area contributed by atoms with Crippen LogP contribution in [0.2, 0.25) is 0 Å². The Morgan fingerprint density at radius 1 is 1.37 bits per heavy atom. The van der Waals surface area contributed by atoms with Crippen LogP contribution in [0.15, 0.2) is 28.8 Å². The Hall–Kier alpha value is -2.55. The van der Waals surface area contributed by atoms with Crippen LogP contribution in [0.25, 0.3) is 0 Å². The SMILES string of the molecule is Cc1noc(C)c1CSCC(=O)N1CCCC(CNC(=O)Nc2cccc(F)c2)C1. The Morgan fingerprint density at radius 2 is 2.20 bits per heavy atom. The number of nitrogens with one attached hydrogen (secondary N) is 2. The van der Waals surface area contributed by atoms with Gasteiger partial charge in [-0.2, -0.15) is 0 Å². The molecule has 1 fully saturated rings. The quantitative estimate of drug-likeness (QED) is 0.693. The lowest BCUT2D eigenvalue weighted by atomic mass is 9.98. The number of aromatic nitrogens is 1. The van der Waals surface area contributed by atoms with Gasteiger partial charge in [0.25, 0.3) is 0 Å². The molecule has 162 valence electrons. The number of nitrogens with zero attached hydrogens (tertiary/aromatic N) is 2. The summed E-state index contributed by atoms with van der Waals surface area (Å²) in [5.41, 5.74) is 2.33. The summed E-state index contributed by atoms with van der Waals surface area (Å²) < 4.78 is 18.4. The lowest BCUT2D eigenvalue weighted by Crippen LogP contribution is -2.45. The van der Waals surface area contributed by atoms with E-state index in [2.05, 4.69) is 15.8 Å². The molecule has 0 aliphatic carbocycles. The number of benzene rings is 1. The summed E-state index contributed by atoms with van der Waals surface area (Å²) in [5, 5.41) is 9.38. The summed E-state index contributed by atoms with van der Waals surface area (Å²) in [6.45, 7) is 5.63. The highest BCUT2D eigenvalue weighted by Gasteiger charge is 2.24. The van der Waals surface area contributed by atoms with E-state index in [-0.39, 0.29) is 17.9 Å². The van der Waals surface area contributed by atoms with Gasteiger partial charge in [-0.3, -0.25) is 4.79 Å². The molecule has 1 aromatic heterocycles. The number of carbonyl (C=O) groups is 2. The number of hydrogen-bond acceptors (Lipinski definition) is 5. The molecule has 0 saturated carbocycles. The Balaban J connectivity index is 1.39. The van der Waals surface area contributed by atoms with Crippen LogP contribution in [-0.4, -0.2) is 47.4 Å². The van der Waals surface area contributed by atoms with Gasteiger partial charge in [0.2, 0.25) is 5.91 Å².